The number of carbonyl (C=O) groups excluding carboxylic acids is 1. The number of hydrogen-bond donors (Lipinski definition) is 1. The van der Waals surface area contributed by atoms with E-state index in [2.05, 4.69) is 10.1 Å². The summed E-state index contributed by atoms with van der Waals surface area (Å²) >= 11 is 0. The molecule has 0 bridgehead atoms. The van der Waals surface area contributed by atoms with Gasteiger partial charge >= 0.3 is 5.97 Å². The van der Waals surface area contributed by atoms with E-state index >= 15 is 0 Å². The Morgan fingerprint density at radius 1 is 1.38 bits per heavy atom. The van der Waals surface area contributed by atoms with E-state index in [0.29, 0.717) is 11.5 Å². The van der Waals surface area contributed by atoms with Gasteiger partial charge in [-0.2, -0.15) is 0 Å². The fourth-order valence-electron chi connectivity index (χ4n) is 2.15. The van der Waals surface area contributed by atoms with E-state index in [1.807, 2.05) is 24.3 Å². The molecule has 1 saturated heterocycles. The number of esters is 1. The van der Waals surface area contributed by atoms with Crippen LogP contribution in [0.4, 0.5) is 0 Å². The smallest absolute Gasteiger partial charge is 0.337 e. The second-order valence-electron chi connectivity index (χ2n) is 4.16. The summed E-state index contributed by atoms with van der Waals surface area (Å²) in [4.78, 5) is 11.3. The van der Waals surface area contributed by atoms with Gasteiger partial charge in [0.25, 0.3) is 0 Å². The topological polar surface area (TPSA) is 38.3 Å². The molecular formula is C13H17NO2. The maximum absolute atomic E-state index is 11.3. The lowest BCUT2D eigenvalue weighted by atomic mass is 9.91. The fourth-order valence-corrected chi connectivity index (χ4v) is 2.15. The van der Waals surface area contributed by atoms with E-state index in [9.17, 15) is 4.79 Å². The van der Waals surface area contributed by atoms with Crippen molar-refractivity contribution in [2.75, 3.05) is 20.2 Å². The van der Waals surface area contributed by atoms with Crippen LogP contribution in [0.3, 0.4) is 0 Å². The first-order chi connectivity index (χ1) is 7.81. The van der Waals surface area contributed by atoms with Crippen molar-refractivity contribution in [2.24, 2.45) is 0 Å². The van der Waals surface area contributed by atoms with Crippen molar-refractivity contribution in [3.05, 3.63) is 35.4 Å². The summed E-state index contributed by atoms with van der Waals surface area (Å²) < 4.78 is 4.67. The summed E-state index contributed by atoms with van der Waals surface area (Å²) in [5.74, 6) is 0.314. The minimum atomic E-state index is -0.270. The van der Waals surface area contributed by atoms with E-state index in [1.165, 1.54) is 25.5 Å². The van der Waals surface area contributed by atoms with Crippen LogP contribution in [-0.2, 0) is 4.74 Å². The summed E-state index contributed by atoms with van der Waals surface area (Å²) in [5, 5.41) is 3.39. The molecule has 0 aromatic heterocycles. The van der Waals surface area contributed by atoms with Gasteiger partial charge in [0.15, 0.2) is 0 Å². The highest BCUT2D eigenvalue weighted by molar-refractivity contribution is 5.89. The molecule has 1 N–H and O–H groups in total. The third-order valence-corrected chi connectivity index (χ3v) is 3.10. The summed E-state index contributed by atoms with van der Waals surface area (Å²) in [6.07, 6.45) is 2.45. The Balaban J connectivity index is 2.09. The van der Waals surface area contributed by atoms with Crippen LogP contribution in [0.1, 0.15) is 34.7 Å². The number of ether oxygens (including phenoxy) is 1. The molecule has 1 aromatic carbocycles. The Hall–Kier alpha value is -1.35. The van der Waals surface area contributed by atoms with Crippen molar-refractivity contribution < 1.29 is 9.53 Å². The lowest BCUT2D eigenvalue weighted by molar-refractivity contribution is 0.0600. The first-order valence-corrected chi connectivity index (χ1v) is 5.70. The Kier molecular flexibility index (Phi) is 3.57. The van der Waals surface area contributed by atoms with E-state index in [1.54, 1.807) is 0 Å². The molecule has 1 aliphatic heterocycles. The number of rotatable bonds is 2. The summed E-state index contributed by atoms with van der Waals surface area (Å²) in [5.41, 5.74) is 1.93. The molecule has 2 rings (SSSR count). The van der Waals surface area contributed by atoms with Gasteiger partial charge in [-0.15, -0.1) is 0 Å². The third kappa shape index (κ3) is 2.42. The van der Waals surface area contributed by atoms with Gasteiger partial charge in [-0.1, -0.05) is 12.1 Å². The maximum atomic E-state index is 11.3. The molecule has 1 aromatic rings. The van der Waals surface area contributed by atoms with Gasteiger partial charge in [0.05, 0.1) is 12.7 Å². The molecule has 0 unspecified atom stereocenters. The number of benzene rings is 1. The molecule has 1 fully saturated rings. The van der Waals surface area contributed by atoms with E-state index < -0.39 is 0 Å². The Bertz CT molecular complexity index is 353. The SMILES string of the molecule is COC(=O)c1ccc([C@@H]2CCCNC2)cc1. The number of hydrogen-bond acceptors (Lipinski definition) is 3. The largest absolute Gasteiger partial charge is 0.465 e. The molecule has 0 saturated carbocycles. The van der Waals surface area contributed by atoms with Crippen molar-refractivity contribution in [1.29, 1.82) is 0 Å². The highest BCUT2D eigenvalue weighted by Crippen LogP contribution is 2.23. The average Bonchev–Trinajstić information content (AvgIpc) is 2.39. The minimum absolute atomic E-state index is 0.270. The van der Waals surface area contributed by atoms with Gasteiger partial charge in [0.2, 0.25) is 0 Å². The number of carbonyl (C=O) groups is 1. The van der Waals surface area contributed by atoms with Crippen LogP contribution in [0.25, 0.3) is 0 Å². The number of piperidine rings is 1. The molecule has 1 aliphatic rings. The minimum Gasteiger partial charge on any atom is -0.465 e. The molecule has 3 heteroatoms. The van der Waals surface area contributed by atoms with Crippen LogP contribution in [0, 0.1) is 0 Å². The molecule has 0 radical (unpaired) electrons. The van der Waals surface area contributed by atoms with E-state index in [0.717, 1.165) is 13.1 Å². The Morgan fingerprint density at radius 3 is 2.69 bits per heavy atom. The van der Waals surface area contributed by atoms with Gasteiger partial charge in [-0.25, -0.2) is 4.79 Å². The molecule has 0 amide bonds. The van der Waals surface area contributed by atoms with Crippen molar-refractivity contribution in [1.82, 2.24) is 5.32 Å². The van der Waals surface area contributed by atoms with Crippen LogP contribution < -0.4 is 5.32 Å². The zero-order valence-corrected chi connectivity index (χ0v) is 9.53. The molecule has 1 heterocycles. The highest BCUT2D eigenvalue weighted by atomic mass is 16.5. The Morgan fingerprint density at radius 2 is 2.12 bits per heavy atom. The van der Waals surface area contributed by atoms with Crippen LogP contribution in [0.15, 0.2) is 24.3 Å². The van der Waals surface area contributed by atoms with Gasteiger partial charge in [0.1, 0.15) is 0 Å². The maximum Gasteiger partial charge on any atom is 0.337 e. The molecule has 0 spiro atoms. The van der Waals surface area contributed by atoms with Crippen LogP contribution in [0.2, 0.25) is 0 Å². The van der Waals surface area contributed by atoms with Crippen molar-refractivity contribution in [3.8, 4) is 0 Å². The highest BCUT2D eigenvalue weighted by Gasteiger charge is 2.15. The fraction of sp³-hybridized carbons (Fsp3) is 0.462. The standard InChI is InChI=1S/C13H17NO2/c1-16-13(15)11-6-4-10(5-7-11)12-3-2-8-14-9-12/h4-7,12,14H,2-3,8-9H2,1H3/t12-/m1/s1. The Labute approximate surface area is 95.8 Å². The van der Waals surface area contributed by atoms with E-state index in [4.69, 9.17) is 0 Å². The van der Waals surface area contributed by atoms with Gasteiger partial charge in [0, 0.05) is 6.54 Å². The van der Waals surface area contributed by atoms with Crippen LogP contribution >= 0.6 is 0 Å². The second-order valence-corrected chi connectivity index (χ2v) is 4.16. The van der Waals surface area contributed by atoms with Gasteiger partial charge in [-0.05, 0) is 43.0 Å². The normalized spacial score (nSPS) is 20.4. The second kappa shape index (κ2) is 5.12. The van der Waals surface area contributed by atoms with Gasteiger partial charge < -0.3 is 10.1 Å². The number of methoxy groups -OCH3 is 1. The van der Waals surface area contributed by atoms with Crippen LogP contribution in [0.5, 0.6) is 0 Å². The van der Waals surface area contributed by atoms with Crippen LogP contribution in [-0.4, -0.2) is 26.2 Å². The number of nitrogens with one attached hydrogen (secondary N) is 1. The van der Waals surface area contributed by atoms with Gasteiger partial charge in [-0.3, -0.25) is 0 Å². The van der Waals surface area contributed by atoms with Crippen molar-refractivity contribution in [3.63, 3.8) is 0 Å². The molecular weight excluding hydrogens is 202 g/mol. The quantitative estimate of drug-likeness (QED) is 0.772. The predicted octanol–water partition coefficient (Wildman–Crippen LogP) is 1.94. The molecule has 86 valence electrons. The lowest BCUT2D eigenvalue weighted by Gasteiger charge is -2.23. The summed E-state index contributed by atoms with van der Waals surface area (Å²) in [7, 11) is 1.40. The van der Waals surface area contributed by atoms with E-state index in [-0.39, 0.29) is 5.97 Å². The first-order valence-electron chi connectivity index (χ1n) is 5.70. The first kappa shape index (κ1) is 11.1. The average molecular weight is 219 g/mol. The monoisotopic (exact) mass is 219 g/mol. The molecule has 16 heavy (non-hydrogen) atoms. The molecule has 3 nitrogen and oxygen atoms in total. The zero-order valence-electron chi connectivity index (χ0n) is 9.53. The zero-order chi connectivity index (χ0) is 11.4. The summed E-state index contributed by atoms with van der Waals surface area (Å²) in [6.45, 7) is 2.16. The summed E-state index contributed by atoms with van der Waals surface area (Å²) in [6, 6.07) is 7.75. The third-order valence-electron chi connectivity index (χ3n) is 3.10. The lowest BCUT2D eigenvalue weighted by Crippen LogP contribution is -2.28. The predicted molar refractivity (Wildman–Crippen MR) is 62.6 cm³/mol. The molecule has 0 aliphatic carbocycles. The van der Waals surface area contributed by atoms with Crippen molar-refractivity contribution >= 4 is 5.97 Å². The molecule has 1 atom stereocenters. The van der Waals surface area contributed by atoms with Crippen molar-refractivity contribution in [2.45, 2.75) is 18.8 Å².